The van der Waals surface area contributed by atoms with Crippen molar-refractivity contribution in [3.8, 4) is 5.75 Å². The average Bonchev–Trinajstić information content (AvgIpc) is 2.80. The first-order chi connectivity index (χ1) is 11.7. The smallest absolute Gasteiger partial charge is 0.129 e. The Balaban J connectivity index is 0.00000123. The minimum Gasteiger partial charge on any atom is -0.496 e. The first-order valence-corrected chi connectivity index (χ1v) is 8.76. The normalized spacial score (nSPS) is 13.3. The highest BCUT2D eigenvalue weighted by molar-refractivity contribution is 9.10. The maximum atomic E-state index is 5.78. The lowest BCUT2D eigenvalue weighted by atomic mass is 10.0. The van der Waals surface area contributed by atoms with Crippen molar-refractivity contribution in [2.24, 2.45) is 21.5 Å². The molecule has 6 heteroatoms. The number of halogens is 1. The van der Waals surface area contributed by atoms with Crippen LogP contribution in [0.15, 0.2) is 56.8 Å². The summed E-state index contributed by atoms with van der Waals surface area (Å²) in [5.41, 5.74) is 13.4. The van der Waals surface area contributed by atoms with Crippen molar-refractivity contribution in [3.63, 3.8) is 0 Å². The second kappa shape index (κ2) is 12.4. The van der Waals surface area contributed by atoms with Crippen molar-refractivity contribution in [2.45, 2.75) is 27.7 Å². The third-order valence-corrected chi connectivity index (χ3v) is 3.21. The topological polar surface area (TPSA) is 86.0 Å². The Morgan fingerprint density at radius 3 is 2.46 bits per heavy atom. The highest BCUT2D eigenvalue weighted by atomic mass is 79.9. The lowest BCUT2D eigenvalue weighted by Gasteiger charge is -2.11. The SMILES string of the molecule is CC.CC.COc1cc(Br)ccc1C1=NCC=C(N)N=C1/C=C\N. The number of aliphatic imine (C=N–C) groups is 2. The summed E-state index contributed by atoms with van der Waals surface area (Å²) in [5, 5.41) is 0. The molecule has 0 saturated heterocycles. The van der Waals surface area contributed by atoms with Crippen LogP contribution in [0, 0.1) is 0 Å². The summed E-state index contributed by atoms with van der Waals surface area (Å²) in [7, 11) is 1.62. The number of rotatable bonds is 3. The monoisotopic (exact) mass is 394 g/mol. The van der Waals surface area contributed by atoms with E-state index in [4.69, 9.17) is 16.2 Å². The third kappa shape index (κ3) is 6.20. The van der Waals surface area contributed by atoms with Crippen LogP contribution < -0.4 is 16.2 Å². The van der Waals surface area contributed by atoms with E-state index in [1.165, 1.54) is 6.20 Å². The molecule has 0 saturated carbocycles. The minimum absolute atomic E-state index is 0.424. The molecule has 1 heterocycles. The van der Waals surface area contributed by atoms with Gasteiger partial charge in [0.15, 0.2) is 0 Å². The van der Waals surface area contributed by atoms with Gasteiger partial charge in [0.25, 0.3) is 0 Å². The largest absolute Gasteiger partial charge is 0.496 e. The summed E-state index contributed by atoms with van der Waals surface area (Å²) in [5.74, 6) is 1.13. The Kier molecular flexibility index (Phi) is 11.3. The lowest BCUT2D eigenvalue weighted by Crippen LogP contribution is -2.16. The summed E-state index contributed by atoms with van der Waals surface area (Å²) < 4.78 is 6.33. The van der Waals surface area contributed by atoms with Gasteiger partial charge in [-0.1, -0.05) is 43.6 Å². The van der Waals surface area contributed by atoms with Crippen LogP contribution in [0.4, 0.5) is 0 Å². The lowest BCUT2D eigenvalue weighted by molar-refractivity contribution is 0.414. The predicted octanol–water partition coefficient (Wildman–Crippen LogP) is 4.03. The van der Waals surface area contributed by atoms with Crippen LogP contribution in [0.2, 0.25) is 0 Å². The molecule has 0 unspecified atom stereocenters. The Labute approximate surface area is 153 Å². The number of methoxy groups -OCH3 is 1. The van der Waals surface area contributed by atoms with Gasteiger partial charge in [0.05, 0.1) is 25.1 Å². The van der Waals surface area contributed by atoms with E-state index in [1.807, 2.05) is 45.9 Å². The van der Waals surface area contributed by atoms with Crippen LogP contribution in [0.25, 0.3) is 0 Å². The van der Waals surface area contributed by atoms with Crippen LogP contribution in [-0.4, -0.2) is 25.1 Å². The second-order valence-corrected chi connectivity index (χ2v) is 4.93. The van der Waals surface area contributed by atoms with Gasteiger partial charge in [-0.25, -0.2) is 4.99 Å². The first kappa shape index (κ1) is 21.9. The molecule has 1 aliphatic heterocycles. The van der Waals surface area contributed by atoms with Gasteiger partial charge in [-0.05, 0) is 36.6 Å². The van der Waals surface area contributed by atoms with Crippen molar-refractivity contribution < 1.29 is 4.74 Å². The van der Waals surface area contributed by atoms with Crippen LogP contribution in [0.1, 0.15) is 33.3 Å². The molecule has 1 aromatic rings. The van der Waals surface area contributed by atoms with Gasteiger partial charge < -0.3 is 16.2 Å². The van der Waals surface area contributed by atoms with Crippen molar-refractivity contribution in [2.75, 3.05) is 13.7 Å². The molecule has 0 aromatic heterocycles. The number of hydrogen-bond donors (Lipinski definition) is 2. The zero-order valence-corrected chi connectivity index (χ0v) is 16.6. The average molecular weight is 395 g/mol. The predicted molar refractivity (Wildman–Crippen MR) is 108 cm³/mol. The molecule has 0 fully saturated rings. The maximum Gasteiger partial charge on any atom is 0.129 e. The molecule has 0 atom stereocenters. The molecule has 1 aliphatic rings. The van der Waals surface area contributed by atoms with E-state index in [-0.39, 0.29) is 0 Å². The molecule has 5 nitrogen and oxygen atoms in total. The van der Waals surface area contributed by atoms with Crippen LogP contribution >= 0.6 is 15.9 Å². The number of nitrogens with zero attached hydrogens (tertiary/aromatic N) is 2. The highest BCUT2D eigenvalue weighted by Crippen LogP contribution is 2.25. The van der Waals surface area contributed by atoms with Crippen LogP contribution in [0.5, 0.6) is 5.75 Å². The number of allylic oxidation sites excluding steroid dienone is 1. The van der Waals surface area contributed by atoms with E-state index in [0.29, 0.717) is 29.5 Å². The molecule has 132 valence electrons. The molecular weight excluding hydrogens is 368 g/mol. The number of nitrogens with two attached hydrogens (primary N) is 2. The Hall–Kier alpha value is -2.08. The molecule has 24 heavy (non-hydrogen) atoms. The fraction of sp³-hybridized carbons (Fsp3) is 0.333. The summed E-state index contributed by atoms with van der Waals surface area (Å²) in [6.45, 7) is 8.46. The molecule has 0 aliphatic carbocycles. The van der Waals surface area contributed by atoms with E-state index in [2.05, 4.69) is 25.9 Å². The molecule has 0 amide bonds. The molecular formula is C18H27BrN4O. The van der Waals surface area contributed by atoms with Crippen molar-refractivity contribution in [1.82, 2.24) is 0 Å². The molecule has 1 aromatic carbocycles. The molecule has 0 bridgehead atoms. The van der Waals surface area contributed by atoms with E-state index in [9.17, 15) is 0 Å². The van der Waals surface area contributed by atoms with Gasteiger partial charge in [0, 0.05) is 10.0 Å². The van der Waals surface area contributed by atoms with Crippen LogP contribution in [-0.2, 0) is 0 Å². The van der Waals surface area contributed by atoms with Crippen molar-refractivity contribution >= 4 is 27.4 Å². The quantitative estimate of drug-likeness (QED) is 0.810. The van der Waals surface area contributed by atoms with Gasteiger partial charge in [-0.2, -0.15) is 0 Å². The number of ether oxygens (including phenoxy) is 1. The van der Waals surface area contributed by atoms with E-state index in [1.54, 1.807) is 19.3 Å². The second-order valence-electron chi connectivity index (χ2n) is 4.02. The summed E-state index contributed by atoms with van der Waals surface area (Å²) >= 11 is 3.42. The summed E-state index contributed by atoms with van der Waals surface area (Å²) in [6.07, 6.45) is 4.84. The van der Waals surface area contributed by atoms with E-state index >= 15 is 0 Å². The number of benzene rings is 1. The Bertz CT molecular complexity index is 634. The van der Waals surface area contributed by atoms with Gasteiger partial charge in [0.2, 0.25) is 0 Å². The third-order valence-electron chi connectivity index (χ3n) is 2.71. The van der Waals surface area contributed by atoms with Gasteiger partial charge in [0.1, 0.15) is 11.6 Å². The van der Waals surface area contributed by atoms with E-state index in [0.717, 1.165) is 10.0 Å². The first-order valence-electron chi connectivity index (χ1n) is 7.97. The minimum atomic E-state index is 0.424. The van der Waals surface area contributed by atoms with E-state index < -0.39 is 0 Å². The van der Waals surface area contributed by atoms with Crippen LogP contribution in [0.3, 0.4) is 0 Å². The fourth-order valence-electron chi connectivity index (χ4n) is 1.84. The van der Waals surface area contributed by atoms with Gasteiger partial charge in [-0.3, -0.25) is 4.99 Å². The molecule has 2 rings (SSSR count). The number of hydrogen-bond acceptors (Lipinski definition) is 5. The maximum absolute atomic E-state index is 5.78. The zero-order chi connectivity index (χ0) is 18.5. The highest BCUT2D eigenvalue weighted by Gasteiger charge is 2.16. The van der Waals surface area contributed by atoms with Gasteiger partial charge in [-0.15, -0.1) is 0 Å². The summed E-state index contributed by atoms with van der Waals surface area (Å²) in [4.78, 5) is 8.82. The zero-order valence-electron chi connectivity index (χ0n) is 15.0. The fourth-order valence-corrected chi connectivity index (χ4v) is 2.18. The Morgan fingerprint density at radius 2 is 1.88 bits per heavy atom. The molecule has 0 spiro atoms. The summed E-state index contributed by atoms with van der Waals surface area (Å²) in [6, 6.07) is 5.72. The van der Waals surface area contributed by atoms with Crippen molar-refractivity contribution in [1.29, 1.82) is 0 Å². The van der Waals surface area contributed by atoms with Gasteiger partial charge >= 0.3 is 0 Å². The molecule has 4 N–H and O–H groups in total. The Morgan fingerprint density at radius 1 is 1.21 bits per heavy atom. The van der Waals surface area contributed by atoms with Crippen molar-refractivity contribution in [3.05, 3.63) is 52.4 Å². The standard InChI is InChI=1S/C14H15BrN4O.2C2H6/c1-20-12-8-9(15)2-3-10(12)14-11(4-6-16)19-13(17)5-7-18-14;2*1-2/h2-6,8H,7,16-17H2,1H3;2*1-2H3/b6-4-;;. The molecule has 0 radical (unpaired) electrons.